The summed E-state index contributed by atoms with van der Waals surface area (Å²) in [5.74, 6) is -3.28. The smallest absolute Gasteiger partial charge is 0.280 e. The quantitative estimate of drug-likeness (QED) is 0.630. The van der Waals surface area contributed by atoms with E-state index in [0.29, 0.717) is 0 Å². The molecule has 0 aromatic heterocycles. The van der Waals surface area contributed by atoms with Gasteiger partial charge in [-0.3, -0.25) is 0 Å². The van der Waals surface area contributed by atoms with Crippen LogP contribution in [0, 0.1) is 10.8 Å². The van der Waals surface area contributed by atoms with Gasteiger partial charge < -0.3 is 5.41 Å². The number of hydrogen-bond donors (Lipinski definition) is 1. The Morgan fingerprint density at radius 3 is 2.17 bits per heavy atom. The molecule has 0 aromatic carbocycles. The molecule has 0 spiro atoms. The average Bonchev–Trinajstić information content (AvgIpc) is 2.00. The Kier molecular flexibility index (Phi) is 3.74. The maximum atomic E-state index is 12.8. The number of hydrogen-bond acceptors (Lipinski definition) is 1. The first-order valence-electron chi connectivity index (χ1n) is 3.80. The van der Waals surface area contributed by atoms with Crippen LogP contribution in [0.25, 0.3) is 0 Å². The zero-order valence-electron chi connectivity index (χ0n) is 7.33. The summed E-state index contributed by atoms with van der Waals surface area (Å²) in [7, 11) is 0. The molecule has 0 aliphatic rings. The standard InChI is InChI=1S/C8H14F3N/c1-7(2,4-3-5-12)8(10,11)6-9/h5,12H,3-4,6H2,1-2H3. The first-order valence-corrected chi connectivity index (χ1v) is 3.80. The van der Waals surface area contributed by atoms with Crippen LogP contribution in [-0.2, 0) is 0 Å². The lowest BCUT2D eigenvalue weighted by atomic mass is 9.82. The van der Waals surface area contributed by atoms with Crippen molar-refractivity contribution in [1.29, 1.82) is 5.41 Å². The van der Waals surface area contributed by atoms with Crippen molar-refractivity contribution in [3.8, 4) is 0 Å². The normalized spacial score (nSPS) is 13.1. The fourth-order valence-electron chi connectivity index (χ4n) is 0.797. The molecule has 0 aliphatic carbocycles. The summed E-state index contributed by atoms with van der Waals surface area (Å²) >= 11 is 0. The van der Waals surface area contributed by atoms with Crippen LogP contribution < -0.4 is 0 Å². The molecule has 0 aromatic rings. The topological polar surface area (TPSA) is 23.9 Å². The molecule has 0 saturated carbocycles. The van der Waals surface area contributed by atoms with E-state index in [4.69, 9.17) is 5.41 Å². The van der Waals surface area contributed by atoms with Gasteiger partial charge in [-0.25, -0.2) is 13.2 Å². The Morgan fingerprint density at radius 1 is 1.33 bits per heavy atom. The molecule has 1 N–H and O–H groups in total. The molecule has 72 valence electrons. The summed E-state index contributed by atoms with van der Waals surface area (Å²) in [5, 5.41) is 6.68. The molecule has 0 radical (unpaired) electrons. The van der Waals surface area contributed by atoms with Crippen LogP contribution in [0.15, 0.2) is 0 Å². The van der Waals surface area contributed by atoms with Crippen molar-refractivity contribution in [3.63, 3.8) is 0 Å². The Morgan fingerprint density at radius 2 is 1.83 bits per heavy atom. The average molecular weight is 181 g/mol. The van der Waals surface area contributed by atoms with E-state index in [2.05, 4.69) is 0 Å². The summed E-state index contributed by atoms with van der Waals surface area (Å²) in [6.45, 7) is 1.00. The SMILES string of the molecule is CC(C)(CCC=N)C(F)(F)CF. The van der Waals surface area contributed by atoms with Crippen molar-refractivity contribution in [2.24, 2.45) is 5.41 Å². The first-order chi connectivity index (χ1) is 5.37. The first kappa shape index (κ1) is 11.5. The van der Waals surface area contributed by atoms with Gasteiger partial charge in [0.1, 0.15) is 0 Å². The van der Waals surface area contributed by atoms with E-state index < -0.39 is 18.0 Å². The van der Waals surface area contributed by atoms with Gasteiger partial charge in [0.2, 0.25) is 0 Å². The Bertz CT molecular complexity index is 154. The molecular weight excluding hydrogens is 167 g/mol. The second-order valence-electron chi connectivity index (χ2n) is 3.46. The van der Waals surface area contributed by atoms with E-state index >= 15 is 0 Å². The molecule has 12 heavy (non-hydrogen) atoms. The highest BCUT2D eigenvalue weighted by atomic mass is 19.3. The maximum absolute atomic E-state index is 12.8. The third-order valence-electron chi connectivity index (χ3n) is 2.07. The van der Waals surface area contributed by atoms with Crippen molar-refractivity contribution < 1.29 is 13.2 Å². The van der Waals surface area contributed by atoms with Gasteiger partial charge >= 0.3 is 0 Å². The lowest BCUT2D eigenvalue weighted by molar-refractivity contribution is -0.122. The predicted molar refractivity (Wildman–Crippen MR) is 42.7 cm³/mol. The van der Waals surface area contributed by atoms with E-state index in [1.54, 1.807) is 0 Å². The summed E-state index contributed by atoms with van der Waals surface area (Å²) in [6.07, 6.45) is 1.46. The van der Waals surface area contributed by atoms with Gasteiger partial charge in [-0.2, -0.15) is 0 Å². The third kappa shape index (κ3) is 2.50. The number of nitrogens with one attached hydrogen (secondary N) is 1. The molecule has 0 heterocycles. The summed E-state index contributed by atoms with van der Waals surface area (Å²) < 4.78 is 37.5. The highest BCUT2D eigenvalue weighted by molar-refractivity contribution is 5.52. The molecule has 4 heteroatoms. The highest BCUT2D eigenvalue weighted by Gasteiger charge is 2.45. The van der Waals surface area contributed by atoms with Crippen LogP contribution in [0.4, 0.5) is 13.2 Å². The number of rotatable bonds is 5. The zero-order valence-corrected chi connectivity index (χ0v) is 7.33. The van der Waals surface area contributed by atoms with E-state index in [0.717, 1.165) is 6.21 Å². The minimum Gasteiger partial charge on any atom is -0.313 e. The van der Waals surface area contributed by atoms with Gasteiger partial charge in [0.05, 0.1) is 0 Å². The maximum Gasteiger partial charge on any atom is 0.280 e. The second kappa shape index (κ2) is 3.92. The van der Waals surface area contributed by atoms with Crippen molar-refractivity contribution in [2.45, 2.75) is 32.6 Å². The van der Waals surface area contributed by atoms with Gasteiger partial charge in [-0.15, -0.1) is 0 Å². The van der Waals surface area contributed by atoms with Crippen molar-refractivity contribution >= 4 is 6.21 Å². The lowest BCUT2D eigenvalue weighted by Gasteiger charge is -2.31. The summed E-state index contributed by atoms with van der Waals surface area (Å²) in [6, 6.07) is 0. The number of halogens is 3. The third-order valence-corrected chi connectivity index (χ3v) is 2.07. The Balaban J connectivity index is 4.26. The summed E-state index contributed by atoms with van der Waals surface area (Å²) in [4.78, 5) is 0. The van der Waals surface area contributed by atoms with Crippen LogP contribution in [0.2, 0.25) is 0 Å². The molecular formula is C8H14F3N. The minimum absolute atomic E-state index is 0.132. The van der Waals surface area contributed by atoms with Crippen LogP contribution in [0.1, 0.15) is 26.7 Å². The lowest BCUT2D eigenvalue weighted by Crippen LogP contribution is -2.38. The van der Waals surface area contributed by atoms with E-state index in [9.17, 15) is 13.2 Å². The van der Waals surface area contributed by atoms with Crippen LogP contribution in [0.5, 0.6) is 0 Å². The largest absolute Gasteiger partial charge is 0.313 e. The molecule has 0 amide bonds. The fourth-order valence-corrected chi connectivity index (χ4v) is 0.797. The minimum atomic E-state index is -3.28. The van der Waals surface area contributed by atoms with Crippen molar-refractivity contribution in [1.82, 2.24) is 0 Å². The van der Waals surface area contributed by atoms with Crippen LogP contribution in [-0.4, -0.2) is 18.8 Å². The van der Waals surface area contributed by atoms with E-state index in [1.165, 1.54) is 13.8 Å². The Hall–Kier alpha value is -0.540. The zero-order chi connectivity index (χ0) is 9.83. The Labute approximate surface area is 70.5 Å². The molecule has 0 unspecified atom stereocenters. The molecule has 0 rings (SSSR count). The summed E-state index contributed by atoms with van der Waals surface area (Å²) in [5.41, 5.74) is -1.36. The fraction of sp³-hybridized carbons (Fsp3) is 0.875. The van der Waals surface area contributed by atoms with Crippen molar-refractivity contribution in [3.05, 3.63) is 0 Å². The van der Waals surface area contributed by atoms with E-state index in [-0.39, 0.29) is 12.8 Å². The van der Waals surface area contributed by atoms with Crippen LogP contribution >= 0.6 is 0 Å². The van der Waals surface area contributed by atoms with Gasteiger partial charge in [0.25, 0.3) is 5.92 Å². The van der Waals surface area contributed by atoms with Gasteiger partial charge in [-0.1, -0.05) is 13.8 Å². The molecule has 1 nitrogen and oxygen atoms in total. The van der Waals surface area contributed by atoms with E-state index in [1.807, 2.05) is 0 Å². The molecule has 0 aliphatic heterocycles. The van der Waals surface area contributed by atoms with Crippen molar-refractivity contribution in [2.75, 3.05) is 6.67 Å². The highest BCUT2D eigenvalue weighted by Crippen LogP contribution is 2.39. The molecule has 0 saturated heterocycles. The number of alkyl halides is 3. The van der Waals surface area contributed by atoms with Gasteiger partial charge in [-0.05, 0) is 19.1 Å². The van der Waals surface area contributed by atoms with Gasteiger partial charge in [0.15, 0.2) is 6.67 Å². The second-order valence-corrected chi connectivity index (χ2v) is 3.46. The monoisotopic (exact) mass is 181 g/mol. The van der Waals surface area contributed by atoms with Gasteiger partial charge in [0, 0.05) is 5.41 Å². The predicted octanol–water partition coefficient (Wildman–Crippen LogP) is 3.05. The molecule has 0 fully saturated rings. The molecule has 0 bridgehead atoms. The van der Waals surface area contributed by atoms with Crippen LogP contribution in [0.3, 0.4) is 0 Å². The molecule has 0 atom stereocenters.